The summed E-state index contributed by atoms with van der Waals surface area (Å²) in [4.78, 5) is 12.4. The molecule has 0 N–H and O–H groups in total. The van der Waals surface area contributed by atoms with E-state index in [1.807, 2.05) is 24.4 Å². The minimum absolute atomic E-state index is 0.872. The fourth-order valence-electron chi connectivity index (χ4n) is 2.28. The first kappa shape index (κ1) is 11.2. The molecule has 0 saturated heterocycles. The molecule has 0 unspecified atom stereocenters. The fourth-order valence-corrected chi connectivity index (χ4v) is 2.99. The molecular weight excluding hydrogens is 242 g/mol. The van der Waals surface area contributed by atoms with Crippen LogP contribution in [0.15, 0.2) is 48.0 Å². The number of aromatic nitrogens is 1. The van der Waals surface area contributed by atoms with Crippen molar-refractivity contribution in [1.29, 1.82) is 0 Å². The predicted molar refractivity (Wildman–Crippen MR) is 75.8 cm³/mol. The zero-order chi connectivity index (χ0) is 12.4. The molecule has 0 fully saturated rings. The van der Waals surface area contributed by atoms with Crippen molar-refractivity contribution in [3.63, 3.8) is 0 Å². The maximum atomic E-state index is 11.0. The van der Waals surface area contributed by atoms with Crippen molar-refractivity contribution in [2.24, 2.45) is 0 Å². The monoisotopic (exact) mass is 255 g/mol. The number of thiophene rings is 1. The third kappa shape index (κ3) is 1.97. The summed E-state index contributed by atoms with van der Waals surface area (Å²) in [6.07, 6.45) is 4.83. The van der Waals surface area contributed by atoms with E-state index in [-0.39, 0.29) is 0 Å². The lowest BCUT2D eigenvalue weighted by Crippen LogP contribution is -1.91. The van der Waals surface area contributed by atoms with Crippen LogP contribution in [0.5, 0.6) is 0 Å². The number of para-hydroxylation sites is 1. The van der Waals surface area contributed by atoms with Gasteiger partial charge >= 0.3 is 0 Å². The number of hydrogen-bond donors (Lipinski definition) is 0. The largest absolute Gasteiger partial charge is 0.290 e. The molecule has 1 aromatic carbocycles. The number of hydrogen-bond acceptors (Lipinski definition) is 2. The van der Waals surface area contributed by atoms with Gasteiger partial charge in [-0.25, -0.2) is 0 Å². The first-order chi connectivity index (χ1) is 8.88. The SMILES string of the molecule is O=Cn1cc(CCc2cccs2)c2ccccc21. The third-order valence-electron chi connectivity index (χ3n) is 3.16. The minimum Gasteiger partial charge on any atom is -0.290 e. The fraction of sp³-hybridized carbons (Fsp3) is 0.133. The molecule has 0 amide bonds. The Morgan fingerprint density at radius 2 is 2.00 bits per heavy atom. The molecule has 3 rings (SSSR count). The van der Waals surface area contributed by atoms with Crippen molar-refractivity contribution in [3.05, 3.63) is 58.4 Å². The van der Waals surface area contributed by atoms with Gasteiger partial charge in [-0.15, -0.1) is 11.3 Å². The summed E-state index contributed by atoms with van der Waals surface area (Å²) in [5.41, 5.74) is 2.24. The Morgan fingerprint density at radius 3 is 2.78 bits per heavy atom. The van der Waals surface area contributed by atoms with Crippen LogP contribution in [0.3, 0.4) is 0 Å². The number of aryl methyl sites for hydroxylation is 2. The van der Waals surface area contributed by atoms with Gasteiger partial charge in [0.2, 0.25) is 6.41 Å². The van der Waals surface area contributed by atoms with E-state index < -0.39 is 0 Å². The molecule has 2 heterocycles. The summed E-state index contributed by atoms with van der Waals surface area (Å²) in [7, 11) is 0. The highest BCUT2D eigenvalue weighted by Gasteiger charge is 2.07. The van der Waals surface area contributed by atoms with E-state index in [2.05, 4.69) is 23.6 Å². The van der Waals surface area contributed by atoms with Gasteiger partial charge in [0.1, 0.15) is 0 Å². The highest BCUT2D eigenvalue weighted by Crippen LogP contribution is 2.22. The van der Waals surface area contributed by atoms with Crippen LogP contribution < -0.4 is 0 Å². The Bertz CT molecular complexity index is 667. The lowest BCUT2D eigenvalue weighted by atomic mass is 10.1. The zero-order valence-corrected chi connectivity index (χ0v) is 10.7. The molecule has 2 aromatic heterocycles. The third-order valence-corrected chi connectivity index (χ3v) is 4.09. The Balaban J connectivity index is 1.94. The molecule has 90 valence electrons. The van der Waals surface area contributed by atoms with Crippen LogP contribution in [-0.4, -0.2) is 11.0 Å². The lowest BCUT2D eigenvalue weighted by molar-refractivity contribution is 0.549. The van der Waals surface area contributed by atoms with Crippen molar-refractivity contribution in [2.45, 2.75) is 12.8 Å². The van der Waals surface area contributed by atoms with E-state index in [0.29, 0.717) is 0 Å². The second-order valence-electron chi connectivity index (χ2n) is 4.26. The summed E-state index contributed by atoms with van der Waals surface area (Å²) >= 11 is 1.78. The normalized spacial score (nSPS) is 10.9. The Kier molecular flexibility index (Phi) is 2.99. The summed E-state index contributed by atoms with van der Waals surface area (Å²) in [5.74, 6) is 0. The molecule has 3 heteroatoms. The van der Waals surface area contributed by atoms with Crippen molar-refractivity contribution in [1.82, 2.24) is 4.57 Å². The van der Waals surface area contributed by atoms with Crippen molar-refractivity contribution in [3.8, 4) is 0 Å². The Labute approximate surface area is 109 Å². The zero-order valence-electron chi connectivity index (χ0n) is 9.87. The predicted octanol–water partition coefficient (Wildman–Crippen LogP) is 3.53. The minimum atomic E-state index is 0.872. The summed E-state index contributed by atoms with van der Waals surface area (Å²) in [6.45, 7) is 0. The number of fused-ring (bicyclic) bond motifs is 1. The molecule has 3 aromatic rings. The van der Waals surface area contributed by atoms with Crippen LogP contribution in [0.25, 0.3) is 10.9 Å². The first-order valence-corrected chi connectivity index (χ1v) is 6.82. The molecule has 0 aliphatic rings. The van der Waals surface area contributed by atoms with E-state index in [0.717, 1.165) is 24.8 Å². The number of nitrogens with zero attached hydrogens (tertiary/aromatic N) is 1. The summed E-state index contributed by atoms with van der Waals surface area (Å²) in [6, 6.07) is 12.3. The van der Waals surface area contributed by atoms with Gasteiger partial charge in [0, 0.05) is 16.5 Å². The molecule has 0 aliphatic carbocycles. The molecule has 0 atom stereocenters. The maximum Gasteiger partial charge on any atom is 0.218 e. The Hall–Kier alpha value is -1.87. The average Bonchev–Trinajstić information content (AvgIpc) is 3.04. The number of carbonyl (C=O) groups excluding carboxylic acids is 1. The molecule has 0 spiro atoms. The van der Waals surface area contributed by atoms with Crippen molar-refractivity contribution >= 4 is 28.6 Å². The van der Waals surface area contributed by atoms with Gasteiger partial charge in [0.05, 0.1) is 5.52 Å². The number of rotatable bonds is 4. The molecular formula is C15H13NOS. The van der Waals surface area contributed by atoms with Gasteiger partial charge in [0.25, 0.3) is 0 Å². The van der Waals surface area contributed by atoms with Crippen LogP contribution in [0.2, 0.25) is 0 Å². The van der Waals surface area contributed by atoms with Crippen molar-refractivity contribution in [2.75, 3.05) is 0 Å². The average molecular weight is 255 g/mol. The smallest absolute Gasteiger partial charge is 0.218 e. The van der Waals surface area contributed by atoms with Gasteiger partial charge in [-0.3, -0.25) is 9.36 Å². The van der Waals surface area contributed by atoms with E-state index in [1.165, 1.54) is 15.8 Å². The van der Waals surface area contributed by atoms with Crippen LogP contribution >= 0.6 is 11.3 Å². The van der Waals surface area contributed by atoms with E-state index in [1.54, 1.807) is 15.9 Å². The Morgan fingerprint density at radius 1 is 1.11 bits per heavy atom. The van der Waals surface area contributed by atoms with Crippen LogP contribution in [0, 0.1) is 0 Å². The van der Waals surface area contributed by atoms with Gasteiger partial charge in [-0.2, -0.15) is 0 Å². The lowest BCUT2D eigenvalue weighted by Gasteiger charge is -1.97. The quantitative estimate of drug-likeness (QED) is 0.654. The molecule has 0 radical (unpaired) electrons. The molecule has 2 nitrogen and oxygen atoms in total. The van der Waals surface area contributed by atoms with Gasteiger partial charge < -0.3 is 0 Å². The number of benzene rings is 1. The first-order valence-electron chi connectivity index (χ1n) is 5.94. The van der Waals surface area contributed by atoms with Crippen molar-refractivity contribution < 1.29 is 4.79 Å². The van der Waals surface area contributed by atoms with E-state index >= 15 is 0 Å². The molecule has 0 bridgehead atoms. The standard InChI is InChI=1S/C15H13NOS/c17-11-16-10-12(7-8-13-4-3-9-18-13)14-5-1-2-6-15(14)16/h1-6,9-11H,7-8H2. The van der Waals surface area contributed by atoms with Gasteiger partial charge in [-0.1, -0.05) is 24.3 Å². The van der Waals surface area contributed by atoms with Crippen LogP contribution in [0.4, 0.5) is 0 Å². The van der Waals surface area contributed by atoms with Gasteiger partial charge in [-0.05, 0) is 35.9 Å². The topological polar surface area (TPSA) is 22.0 Å². The van der Waals surface area contributed by atoms with E-state index in [9.17, 15) is 4.79 Å². The molecule has 0 aliphatic heterocycles. The molecule has 18 heavy (non-hydrogen) atoms. The summed E-state index contributed by atoms with van der Waals surface area (Å²) in [5, 5.41) is 3.28. The second kappa shape index (κ2) is 4.78. The van der Waals surface area contributed by atoms with Crippen LogP contribution in [0.1, 0.15) is 10.4 Å². The highest BCUT2D eigenvalue weighted by molar-refractivity contribution is 7.09. The second-order valence-corrected chi connectivity index (χ2v) is 5.30. The number of carbonyl (C=O) groups is 1. The van der Waals surface area contributed by atoms with Gasteiger partial charge in [0.15, 0.2) is 0 Å². The molecule has 0 saturated carbocycles. The highest BCUT2D eigenvalue weighted by atomic mass is 32.1. The maximum absolute atomic E-state index is 11.0. The summed E-state index contributed by atoms with van der Waals surface area (Å²) < 4.78 is 1.67. The van der Waals surface area contributed by atoms with E-state index in [4.69, 9.17) is 0 Å². The van der Waals surface area contributed by atoms with Crippen LogP contribution in [-0.2, 0) is 17.6 Å².